The van der Waals surface area contributed by atoms with Crippen molar-refractivity contribution in [2.45, 2.75) is 51.1 Å². The van der Waals surface area contributed by atoms with Crippen molar-refractivity contribution in [2.75, 3.05) is 19.6 Å². The van der Waals surface area contributed by atoms with Gasteiger partial charge >= 0.3 is 0 Å². The van der Waals surface area contributed by atoms with E-state index in [1.54, 1.807) is 5.57 Å². The molecule has 1 aromatic rings. The predicted octanol–water partition coefficient (Wildman–Crippen LogP) is 3.74. The van der Waals surface area contributed by atoms with Crippen LogP contribution in [0.4, 0.5) is 0 Å². The van der Waals surface area contributed by atoms with Crippen LogP contribution in [0.2, 0.25) is 0 Å². The highest BCUT2D eigenvalue weighted by atomic mass is 15.1. The number of nitrogens with zero attached hydrogens (tertiary/aromatic N) is 1. The van der Waals surface area contributed by atoms with Gasteiger partial charge in [0.05, 0.1) is 0 Å². The van der Waals surface area contributed by atoms with Gasteiger partial charge in [0, 0.05) is 25.7 Å². The Hall–Kier alpha value is -1.12. The van der Waals surface area contributed by atoms with Crippen LogP contribution in [0, 0.1) is 0 Å². The third kappa shape index (κ3) is 4.69. The SMILES string of the molecule is C1=C(CCNC2CCCC2)CN(Cc2ccccc2)CC1. The number of nitrogens with one attached hydrogen (secondary N) is 1. The summed E-state index contributed by atoms with van der Waals surface area (Å²) in [4.78, 5) is 2.58. The van der Waals surface area contributed by atoms with Gasteiger partial charge in [-0.1, -0.05) is 54.8 Å². The Kier molecular flexibility index (Phi) is 5.47. The van der Waals surface area contributed by atoms with Crippen molar-refractivity contribution in [3.63, 3.8) is 0 Å². The minimum absolute atomic E-state index is 0.801. The first kappa shape index (κ1) is 14.8. The van der Waals surface area contributed by atoms with E-state index in [4.69, 9.17) is 0 Å². The van der Waals surface area contributed by atoms with Gasteiger partial charge < -0.3 is 5.32 Å². The summed E-state index contributed by atoms with van der Waals surface area (Å²) in [6.45, 7) is 4.61. The lowest BCUT2D eigenvalue weighted by atomic mass is 10.1. The average Bonchev–Trinajstić information content (AvgIpc) is 3.02. The molecule has 21 heavy (non-hydrogen) atoms. The Balaban J connectivity index is 1.41. The van der Waals surface area contributed by atoms with Gasteiger partial charge in [0.1, 0.15) is 0 Å². The Morgan fingerprint density at radius 3 is 2.71 bits per heavy atom. The molecule has 1 fully saturated rings. The van der Waals surface area contributed by atoms with Crippen LogP contribution in [0.3, 0.4) is 0 Å². The summed E-state index contributed by atoms with van der Waals surface area (Å²) in [7, 11) is 0. The molecule has 0 atom stereocenters. The molecule has 1 aromatic carbocycles. The highest BCUT2D eigenvalue weighted by Gasteiger charge is 2.15. The molecule has 0 bridgehead atoms. The molecule has 1 heterocycles. The fourth-order valence-corrected chi connectivity index (χ4v) is 3.61. The first-order chi connectivity index (χ1) is 10.4. The number of hydrogen-bond acceptors (Lipinski definition) is 2. The molecule has 1 N–H and O–H groups in total. The van der Waals surface area contributed by atoms with Crippen molar-refractivity contribution in [3.05, 3.63) is 47.5 Å². The molecule has 1 aliphatic carbocycles. The van der Waals surface area contributed by atoms with E-state index in [-0.39, 0.29) is 0 Å². The molecule has 0 radical (unpaired) electrons. The normalized spacial score (nSPS) is 20.7. The first-order valence-electron chi connectivity index (χ1n) is 8.58. The maximum Gasteiger partial charge on any atom is 0.0237 e. The second-order valence-electron chi connectivity index (χ2n) is 6.53. The second kappa shape index (κ2) is 7.77. The molecular weight excluding hydrogens is 256 g/mol. The summed E-state index contributed by atoms with van der Waals surface area (Å²) in [5.74, 6) is 0. The highest BCUT2D eigenvalue weighted by Crippen LogP contribution is 2.19. The van der Waals surface area contributed by atoms with Crippen molar-refractivity contribution < 1.29 is 0 Å². The zero-order valence-corrected chi connectivity index (χ0v) is 13.1. The Morgan fingerprint density at radius 2 is 1.90 bits per heavy atom. The van der Waals surface area contributed by atoms with Gasteiger partial charge in [0.25, 0.3) is 0 Å². The number of benzene rings is 1. The smallest absolute Gasteiger partial charge is 0.0237 e. The van der Waals surface area contributed by atoms with Gasteiger partial charge in [-0.05, 0) is 37.8 Å². The maximum absolute atomic E-state index is 3.73. The summed E-state index contributed by atoms with van der Waals surface area (Å²) in [5.41, 5.74) is 3.06. The summed E-state index contributed by atoms with van der Waals surface area (Å²) < 4.78 is 0. The standard InChI is InChI=1S/C19H28N2/c1-2-7-17(8-3-1)15-21-14-6-9-18(16-21)12-13-20-19-10-4-5-11-19/h1-3,7-9,19-20H,4-6,10-16H2. The van der Waals surface area contributed by atoms with Crippen LogP contribution in [0.5, 0.6) is 0 Å². The van der Waals surface area contributed by atoms with Crippen molar-refractivity contribution in [2.24, 2.45) is 0 Å². The Bertz CT molecular complexity index is 446. The topological polar surface area (TPSA) is 15.3 Å². The van der Waals surface area contributed by atoms with Crippen LogP contribution in [-0.4, -0.2) is 30.6 Å². The lowest BCUT2D eigenvalue weighted by Gasteiger charge is -2.27. The molecule has 0 saturated heterocycles. The van der Waals surface area contributed by atoms with Crippen molar-refractivity contribution in [1.82, 2.24) is 10.2 Å². The third-order valence-electron chi connectivity index (χ3n) is 4.79. The first-order valence-corrected chi connectivity index (χ1v) is 8.58. The van der Waals surface area contributed by atoms with Crippen LogP contribution in [-0.2, 0) is 6.54 Å². The van der Waals surface area contributed by atoms with E-state index < -0.39 is 0 Å². The van der Waals surface area contributed by atoms with Crippen LogP contribution < -0.4 is 5.32 Å². The fraction of sp³-hybridized carbons (Fsp3) is 0.579. The quantitative estimate of drug-likeness (QED) is 0.801. The maximum atomic E-state index is 3.73. The summed E-state index contributed by atoms with van der Waals surface area (Å²) in [6.07, 6.45) is 10.5. The summed E-state index contributed by atoms with van der Waals surface area (Å²) in [5, 5.41) is 3.73. The molecule has 2 aliphatic rings. The highest BCUT2D eigenvalue weighted by molar-refractivity contribution is 5.16. The minimum Gasteiger partial charge on any atom is -0.314 e. The molecule has 2 nitrogen and oxygen atoms in total. The van der Waals surface area contributed by atoms with Crippen LogP contribution in [0.15, 0.2) is 42.0 Å². The summed E-state index contributed by atoms with van der Waals surface area (Å²) in [6, 6.07) is 11.6. The van der Waals surface area contributed by atoms with Gasteiger partial charge in [-0.15, -0.1) is 0 Å². The van der Waals surface area contributed by atoms with Crippen molar-refractivity contribution in [1.29, 1.82) is 0 Å². The zero-order valence-electron chi connectivity index (χ0n) is 13.1. The van der Waals surface area contributed by atoms with E-state index in [2.05, 4.69) is 46.6 Å². The molecule has 3 rings (SSSR count). The number of hydrogen-bond donors (Lipinski definition) is 1. The van der Waals surface area contributed by atoms with Crippen LogP contribution >= 0.6 is 0 Å². The molecule has 114 valence electrons. The third-order valence-corrected chi connectivity index (χ3v) is 4.79. The molecule has 0 amide bonds. The van der Waals surface area contributed by atoms with E-state index in [0.717, 1.165) is 25.7 Å². The lowest BCUT2D eigenvalue weighted by Crippen LogP contribution is -2.32. The molecule has 2 heteroatoms. The minimum atomic E-state index is 0.801. The molecule has 0 unspecified atom stereocenters. The van der Waals surface area contributed by atoms with Crippen LogP contribution in [0.25, 0.3) is 0 Å². The average molecular weight is 284 g/mol. The second-order valence-corrected chi connectivity index (χ2v) is 6.53. The Morgan fingerprint density at radius 1 is 1.10 bits per heavy atom. The van der Waals surface area contributed by atoms with Gasteiger partial charge in [-0.25, -0.2) is 0 Å². The van der Waals surface area contributed by atoms with Crippen molar-refractivity contribution >= 4 is 0 Å². The number of rotatable bonds is 6. The van der Waals surface area contributed by atoms with E-state index in [9.17, 15) is 0 Å². The molecule has 0 aromatic heterocycles. The van der Waals surface area contributed by atoms with Gasteiger partial charge in [-0.2, -0.15) is 0 Å². The van der Waals surface area contributed by atoms with E-state index >= 15 is 0 Å². The molecule has 0 spiro atoms. The van der Waals surface area contributed by atoms with Gasteiger partial charge in [0.2, 0.25) is 0 Å². The van der Waals surface area contributed by atoms with Crippen LogP contribution in [0.1, 0.15) is 44.1 Å². The van der Waals surface area contributed by atoms with E-state index in [1.807, 2.05) is 0 Å². The zero-order chi connectivity index (χ0) is 14.3. The Labute approximate surface area is 129 Å². The fourth-order valence-electron chi connectivity index (χ4n) is 3.61. The lowest BCUT2D eigenvalue weighted by molar-refractivity contribution is 0.278. The molecule has 1 saturated carbocycles. The largest absolute Gasteiger partial charge is 0.314 e. The van der Waals surface area contributed by atoms with Gasteiger partial charge in [-0.3, -0.25) is 4.90 Å². The van der Waals surface area contributed by atoms with E-state index in [0.29, 0.717) is 0 Å². The van der Waals surface area contributed by atoms with Crippen molar-refractivity contribution in [3.8, 4) is 0 Å². The molecule has 1 aliphatic heterocycles. The van der Waals surface area contributed by atoms with Gasteiger partial charge in [0.15, 0.2) is 0 Å². The predicted molar refractivity (Wildman–Crippen MR) is 89.3 cm³/mol. The monoisotopic (exact) mass is 284 g/mol. The van der Waals surface area contributed by atoms with E-state index in [1.165, 1.54) is 50.6 Å². The summed E-state index contributed by atoms with van der Waals surface area (Å²) >= 11 is 0. The molecular formula is C19H28N2.